The van der Waals surface area contributed by atoms with E-state index in [2.05, 4.69) is 10.1 Å². The first-order valence-electron chi connectivity index (χ1n) is 9.02. The molecule has 1 fully saturated rings. The summed E-state index contributed by atoms with van der Waals surface area (Å²) in [5.74, 6) is 0.147. The molecule has 1 amide bonds. The topological polar surface area (TPSA) is 68.5 Å². The minimum Gasteiger partial charge on any atom is -0.494 e. The number of aromatic nitrogens is 2. The second kappa shape index (κ2) is 7.07. The molecule has 4 rings (SSSR count). The maximum absolute atomic E-state index is 13.9. The average Bonchev–Trinajstić information content (AvgIpc) is 3.31. The summed E-state index contributed by atoms with van der Waals surface area (Å²) in [6.45, 7) is 4.51. The molecule has 0 saturated carbocycles. The Morgan fingerprint density at radius 1 is 1.25 bits per heavy atom. The number of carbonyl (C=O) groups excluding carboxylic acids is 1. The number of halogens is 1. The van der Waals surface area contributed by atoms with E-state index in [0.717, 1.165) is 16.8 Å². The molecule has 3 aromatic rings. The number of rotatable bonds is 4. The van der Waals surface area contributed by atoms with Crippen LogP contribution >= 0.6 is 0 Å². The number of hydrogen-bond acceptors (Lipinski definition) is 5. The van der Waals surface area contributed by atoms with Crippen molar-refractivity contribution in [2.75, 3.05) is 18.6 Å². The number of ether oxygens (including phenoxy) is 1. The monoisotopic (exact) mass is 381 g/mol. The smallest absolute Gasteiger partial charge is 0.232 e. The highest BCUT2D eigenvalue weighted by Crippen LogP contribution is 2.34. The van der Waals surface area contributed by atoms with Gasteiger partial charge in [-0.05, 0) is 49.2 Å². The Hall–Kier alpha value is -3.22. The van der Waals surface area contributed by atoms with Gasteiger partial charge in [-0.3, -0.25) is 4.79 Å². The number of carbonyl (C=O) groups is 1. The predicted molar refractivity (Wildman–Crippen MR) is 102 cm³/mol. The zero-order valence-electron chi connectivity index (χ0n) is 15.9. The van der Waals surface area contributed by atoms with Gasteiger partial charge in [0, 0.05) is 24.2 Å². The van der Waals surface area contributed by atoms with Gasteiger partial charge in [0.05, 0.1) is 13.0 Å². The van der Waals surface area contributed by atoms with E-state index in [4.69, 9.17) is 9.26 Å². The number of amides is 1. The van der Waals surface area contributed by atoms with Gasteiger partial charge >= 0.3 is 0 Å². The highest BCUT2D eigenvalue weighted by molar-refractivity contribution is 5.97. The largest absolute Gasteiger partial charge is 0.494 e. The van der Waals surface area contributed by atoms with E-state index in [1.165, 1.54) is 19.2 Å². The van der Waals surface area contributed by atoms with Crippen molar-refractivity contribution in [3.05, 3.63) is 59.2 Å². The Balaban J connectivity index is 1.57. The fourth-order valence-electron chi connectivity index (χ4n) is 3.46. The summed E-state index contributed by atoms with van der Waals surface area (Å²) in [5, 5.41) is 3.96. The second-order valence-electron chi connectivity index (χ2n) is 6.93. The lowest BCUT2D eigenvalue weighted by atomic mass is 10.1. The van der Waals surface area contributed by atoms with Crippen LogP contribution in [0.5, 0.6) is 5.75 Å². The molecule has 2 heterocycles. The number of methoxy groups -OCH3 is 1. The molecular formula is C21H20FN3O3. The lowest BCUT2D eigenvalue weighted by molar-refractivity contribution is -0.117. The molecule has 0 radical (unpaired) electrons. The van der Waals surface area contributed by atoms with Crippen LogP contribution in [0.2, 0.25) is 0 Å². The summed E-state index contributed by atoms with van der Waals surface area (Å²) < 4.78 is 24.3. The molecule has 1 aliphatic heterocycles. The number of aryl methyl sites for hydroxylation is 1. The highest BCUT2D eigenvalue weighted by Gasteiger charge is 2.35. The Morgan fingerprint density at radius 3 is 2.82 bits per heavy atom. The van der Waals surface area contributed by atoms with Gasteiger partial charge in [-0.15, -0.1) is 0 Å². The molecule has 2 aromatic carbocycles. The number of nitrogens with zero attached hydrogens (tertiary/aromatic N) is 3. The second-order valence-corrected chi connectivity index (χ2v) is 6.93. The molecule has 7 heteroatoms. The van der Waals surface area contributed by atoms with Gasteiger partial charge in [0.1, 0.15) is 0 Å². The van der Waals surface area contributed by atoms with E-state index in [0.29, 0.717) is 24.4 Å². The van der Waals surface area contributed by atoms with E-state index >= 15 is 0 Å². The normalized spacial score (nSPS) is 16.6. The fraction of sp³-hybridized carbons (Fsp3) is 0.286. The molecule has 6 nitrogen and oxygen atoms in total. The Bertz CT molecular complexity index is 1050. The third-order valence-electron chi connectivity index (χ3n) is 5.19. The van der Waals surface area contributed by atoms with E-state index < -0.39 is 5.82 Å². The van der Waals surface area contributed by atoms with Gasteiger partial charge in [0.2, 0.25) is 17.6 Å². The van der Waals surface area contributed by atoms with E-state index in [1.54, 1.807) is 11.0 Å². The van der Waals surface area contributed by atoms with Gasteiger partial charge in [-0.1, -0.05) is 17.3 Å². The summed E-state index contributed by atoms with van der Waals surface area (Å²) >= 11 is 0. The summed E-state index contributed by atoms with van der Waals surface area (Å²) in [6, 6.07) is 10.4. The summed E-state index contributed by atoms with van der Waals surface area (Å²) in [7, 11) is 1.41. The molecule has 0 spiro atoms. The summed E-state index contributed by atoms with van der Waals surface area (Å²) in [6.07, 6.45) is 0.298. The number of anilines is 1. The van der Waals surface area contributed by atoms with Crippen molar-refractivity contribution in [2.24, 2.45) is 0 Å². The average molecular weight is 381 g/mol. The van der Waals surface area contributed by atoms with Crippen LogP contribution in [-0.2, 0) is 4.79 Å². The van der Waals surface area contributed by atoms with Crippen molar-refractivity contribution < 1.29 is 18.4 Å². The Labute approximate surface area is 161 Å². The van der Waals surface area contributed by atoms with Crippen molar-refractivity contribution in [1.82, 2.24) is 10.1 Å². The first kappa shape index (κ1) is 18.2. The van der Waals surface area contributed by atoms with Crippen molar-refractivity contribution in [2.45, 2.75) is 26.2 Å². The van der Waals surface area contributed by atoms with Crippen LogP contribution in [0.4, 0.5) is 10.1 Å². The van der Waals surface area contributed by atoms with E-state index in [-0.39, 0.29) is 23.4 Å². The van der Waals surface area contributed by atoms with Crippen LogP contribution in [-0.4, -0.2) is 29.7 Å². The van der Waals surface area contributed by atoms with Gasteiger partial charge in [-0.25, -0.2) is 4.39 Å². The molecule has 1 aromatic heterocycles. The molecule has 144 valence electrons. The molecule has 1 atom stereocenters. The minimum absolute atomic E-state index is 0.0222. The van der Waals surface area contributed by atoms with E-state index in [9.17, 15) is 9.18 Å². The lowest BCUT2D eigenvalue weighted by Crippen LogP contribution is -2.25. The van der Waals surface area contributed by atoms with Gasteiger partial charge < -0.3 is 14.2 Å². The molecule has 0 bridgehead atoms. The number of benzene rings is 2. The SMILES string of the molecule is COc1ccc(-c2noc(C3CC(=O)N(c4cccc(C)c4C)C3)n2)cc1F. The van der Waals surface area contributed by atoms with Crippen LogP contribution in [0.1, 0.15) is 29.4 Å². The zero-order chi connectivity index (χ0) is 19.8. The van der Waals surface area contributed by atoms with Crippen LogP contribution < -0.4 is 9.64 Å². The van der Waals surface area contributed by atoms with Crippen LogP contribution in [0.25, 0.3) is 11.4 Å². The van der Waals surface area contributed by atoms with Crippen molar-refractivity contribution in [1.29, 1.82) is 0 Å². The first-order valence-corrected chi connectivity index (χ1v) is 9.02. The number of hydrogen-bond donors (Lipinski definition) is 0. The quantitative estimate of drug-likeness (QED) is 0.683. The Kier molecular flexibility index (Phi) is 4.58. The van der Waals surface area contributed by atoms with E-state index in [1.807, 2.05) is 32.0 Å². The summed E-state index contributed by atoms with van der Waals surface area (Å²) in [4.78, 5) is 18.8. The first-order chi connectivity index (χ1) is 13.5. The predicted octanol–water partition coefficient (Wildman–Crippen LogP) is 4.02. The maximum Gasteiger partial charge on any atom is 0.232 e. The van der Waals surface area contributed by atoms with Crippen LogP contribution in [0, 0.1) is 19.7 Å². The van der Waals surface area contributed by atoms with Crippen LogP contribution in [0.15, 0.2) is 40.9 Å². The molecule has 28 heavy (non-hydrogen) atoms. The molecule has 1 aliphatic rings. The van der Waals surface area contributed by atoms with Crippen molar-refractivity contribution in [3.63, 3.8) is 0 Å². The van der Waals surface area contributed by atoms with Crippen LogP contribution in [0.3, 0.4) is 0 Å². The van der Waals surface area contributed by atoms with Crippen molar-refractivity contribution in [3.8, 4) is 17.1 Å². The highest BCUT2D eigenvalue weighted by atomic mass is 19.1. The van der Waals surface area contributed by atoms with Gasteiger partial charge in [0.15, 0.2) is 11.6 Å². The standard InChI is InChI=1S/C21H20FN3O3/c1-12-5-4-6-17(13(12)2)25-11-15(10-19(25)26)21-23-20(24-28-21)14-7-8-18(27-3)16(22)9-14/h4-9,15H,10-11H2,1-3H3. The molecule has 0 aliphatic carbocycles. The summed E-state index contributed by atoms with van der Waals surface area (Å²) in [5.41, 5.74) is 3.61. The third-order valence-corrected chi connectivity index (χ3v) is 5.19. The maximum atomic E-state index is 13.9. The Morgan fingerprint density at radius 2 is 2.07 bits per heavy atom. The zero-order valence-corrected chi connectivity index (χ0v) is 15.9. The molecule has 1 saturated heterocycles. The fourth-order valence-corrected chi connectivity index (χ4v) is 3.46. The molecular weight excluding hydrogens is 361 g/mol. The molecule has 0 N–H and O–H groups in total. The van der Waals surface area contributed by atoms with Gasteiger partial charge in [-0.2, -0.15) is 4.98 Å². The lowest BCUT2D eigenvalue weighted by Gasteiger charge is -2.19. The van der Waals surface area contributed by atoms with Crippen molar-refractivity contribution >= 4 is 11.6 Å². The van der Waals surface area contributed by atoms with Gasteiger partial charge in [0.25, 0.3) is 0 Å². The molecule has 1 unspecified atom stereocenters. The third kappa shape index (κ3) is 3.13. The minimum atomic E-state index is -0.497.